The van der Waals surface area contributed by atoms with E-state index in [0.717, 1.165) is 4.57 Å². The van der Waals surface area contributed by atoms with Gasteiger partial charge in [-0.05, 0) is 17.7 Å². The third-order valence-corrected chi connectivity index (χ3v) is 4.89. The zero-order valence-electron chi connectivity index (χ0n) is 17.2. The number of benzene rings is 1. The number of aromatic nitrogens is 2. The largest absolute Gasteiger partial charge is 0.494 e. The van der Waals surface area contributed by atoms with Gasteiger partial charge in [0.25, 0.3) is 5.56 Å². The first-order valence-corrected chi connectivity index (χ1v) is 8.93. The molecule has 2 heterocycles. The van der Waals surface area contributed by atoms with Gasteiger partial charge in [0.1, 0.15) is 5.56 Å². The number of ether oxygens (including phenoxy) is 3. The average molecular weight is 418 g/mol. The van der Waals surface area contributed by atoms with Crippen molar-refractivity contribution in [2.45, 2.75) is 19.4 Å². The number of rotatable bonds is 5. The summed E-state index contributed by atoms with van der Waals surface area (Å²) in [5.41, 5.74) is -0.927. The first-order chi connectivity index (χ1) is 14.2. The van der Waals surface area contributed by atoms with Crippen LogP contribution in [0.15, 0.2) is 26.8 Å². The summed E-state index contributed by atoms with van der Waals surface area (Å²) in [6.45, 7) is 1.34. The quantitative estimate of drug-likeness (QED) is 0.722. The molecular formula is C19H22N4O7. The number of aromatic amines is 1. The molecule has 1 atom stereocenters. The highest BCUT2D eigenvalue weighted by Crippen LogP contribution is 2.43. The topological polar surface area (TPSA) is 135 Å². The van der Waals surface area contributed by atoms with Crippen LogP contribution in [0.25, 0.3) is 0 Å². The molecule has 0 saturated carbocycles. The van der Waals surface area contributed by atoms with Crippen LogP contribution in [0.2, 0.25) is 0 Å². The van der Waals surface area contributed by atoms with Crippen molar-refractivity contribution in [3.63, 3.8) is 0 Å². The van der Waals surface area contributed by atoms with Crippen LogP contribution in [0.1, 0.15) is 30.5 Å². The number of hydrogen-bond donors (Lipinski definition) is 2. The number of nitrogens with one attached hydrogen (secondary N) is 1. The molecule has 1 aliphatic rings. The van der Waals surface area contributed by atoms with Crippen LogP contribution in [0.3, 0.4) is 0 Å². The van der Waals surface area contributed by atoms with E-state index in [1.54, 1.807) is 12.1 Å². The molecule has 2 N–H and O–H groups in total. The van der Waals surface area contributed by atoms with Crippen LogP contribution in [-0.2, 0) is 11.8 Å². The molecule has 0 bridgehead atoms. The summed E-state index contributed by atoms with van der Waals surface area (Å²) < 4.78 is 17.0. The van der Waals surface area contributed by atoms with Crippen molar-refractivity contribution in [1.82, 2.24) is 14.6 Å². The fourth-order valence-electron chi connectivity index (χ4n) is 3.37. The summed E-state index contributed by atoms with van der Waals surface area (Å²) in [7, 11) is 5.74. The number of hydrogen-bond acceptors (Lipinski definition) is 8. The van der Waals surface area contributed by atoms with Gasteiger partial charge in [0.05, 0.1) is 33.1 Å². The lowest BCUT2D eigenvalue weighted by atomic mass is 9.98. The molecule has 0 fully saturated rings. The van der Waals surface area contributed by atoms with E-state index in [9.17, 15) is 19.5 Å². The summed E-state index contributed by atoms with van der Waals surface area (Å²) in [6.07, 6.45) is 0.118. The second-order valence-electron chi connectivity index (χ2n) is 6.61. The zero-order valence-corrected chi connectivity index (χ0v) is 17.2. The molecule has 160 valence electrons. The maximum absolute atomic E-state index is 12.3. The van der Waals surface area contributed by atoms with Gasteiger partial charge in [-0.25, -0.2) is 9.80 Å². The van der Waals surface area contributed by atoms with Crippen LogP contribution in [0.5, 0.6) is 23.1 Å². The summed E-state index contributed by atoms with van der Waals surface area (Å²) in [6, 6.07) is 2.78. The molecule has 0 saturated heterocycles. The van der Waals surface area contributed by atoms with Gasteiger partial charge in [0.15, 0.2) is 11.5 Å². The normalized spacial score (nSPS) is 15.7. The molecule has 30 heavy (non-hydrogen) atoms. The third-order valence-electron chi connectivity index (χ3n) is 4.89. The minimum absolute atomic E-state index is 0.118. The fourth-order valence-corrected chi connectivity index (χ4v) is 3.37. The van der Waals surface area contributed by atoms with Crippen molar-refractivity contribution in [1.29, 1.82) is 0 Å². The molecule has 3 rings (SSSR count). The third kappa shape index (κ3) is 3.38. The average Bonchev–Trinajstić information content (AvgIpc) is 3.16. The first kappa shape index (κ1) is 21.0. The first-order valence-electron chi connectivity index (χ1n) is 8.93. The van der Waals surface area contributed by atoms with Crippen molar-refractivity contribution >= 4 is 11.6 Å². The minimum Gasteiger partial charge on any atom is -0.494 e. The number of hydrazone groups is 1. The van der Waals surface area contributed by atoms with E-state index < -0.39 is 23.2 Å². The highest BCUT2D eigenvalue weighted by molar-refractivity contribution is 6.04. The number of amides is 1. The number of nitrogens with zero attached hydrogens (tertiary/aromatic N) is 3. The smallest absolute Gasteiger partial charge is 0.330 e. The van der Waals surface area contributed by atoms with E-state index in [2.05, 4.69) is 10.1 Å². The van der Waals surface area contributed by atoms with Gasteiger partial charge >= 0.3 is 5.69 Å². The summed E-state index contributed by atoms with van der Waals surface area (Å²) in [5, 5.41) is 15.8. The van der Waals surface area contributed by atoms with E-state index in [1.165, 1.54) is 40.3 Å². The van der Waals surface area contributed by atoms with Crippen LogP contribution >= 0.6 is 0 Å². The molecular weight excluding hydrogens is 396 g/mol. The molecule has 11 heteroatoms. The van der Waals surface area contributed by atoms with Crippen molar-refractivity contribution in [3.8, 4) is 23.1 Å². The van der Waals surface area contributed by atoms with E-state index >= 15 is 0 Å². The maximum Gasteiger partial charge on any atom is 0.330 e. The number of aromatic hydroxyl groups is 1. The van der Waals surface area contributed by atoms with Crippen LogP contribution in [-0.4, -0.2) is 52.6 Å². The molecule has 1 aromatic heterocycles. The standard InChI is InChI=1S/C19H22N4O7/c1-9(24)23-12(10-6-13(28-3)16(30-5)14(7-10)29-4)8-11(21-23)15-17(25)20-19(27)22(2)18(15)26/h6-7,12,26H,8H2,1-5H3,(H,20,25,27)/t12-/m0/s1. The predicted octanol–water partition coefficient (Wildman–Crippen LogP) is 0.503. The van der Waals surface area contributed by atoms with Gasteiger partial charge in [-0.1, -0.05) is 0 Å². The Morgan fingerprint density at radius 3 is 2.27 bits per heavy atom. The van der Waals surface area contributed by atoms with Gasteiger partial charge in [0.2, 0.25) is 17.5 Å². The molecule has 1 amide bonds. The summed E-state index contributed by atoms with van der Waals surface area (Å²) in [5.74, 6) is 0.281. The molecule has 0 radical (unpaired) electrons. The van der Waals surface area contributed by atoms with Gasteiger partial charge in [-0.2, -0.15) is 5.10 Å². The zero-order chi connectivity index (χ0) is 22.2. The molecule has 0 unspecified atom stereocenters. The summed E-state index contributed by atoms with van der Waals surface area (Å²) >= 11 is 0. The Balaban J connectivity index is 2.13. The molecule has 0 aliphatic carbocycles. The lowest BCUT2D eigenvalue weighted by Crippen LogP contribution is -2.32. The predicted molar refractivity (Wildman–Crippen MR) is 106 cm³/mol. The van der Waals surface area contributed by atoms with Crippen LogP contribution < -0.4 is 25.5 Å². The van der Waals surface area contributed by atoms with E-state index in [-0.39, 0.29) is 23.6 Å². The summed E-state index contributed by atoms with van der Waals surface area (Å²) in [4.78, 5) is 38.4. The monoisotopic (exact) mass is 418 g/mol. The van der Waals surface area contributed by atoms with Crippen LogP contribution in [0.4, 0.5) is 0 Å². The minimum atomic E-state index is -0.789. The highest BCUT2D eigenvalue weighted by atomic mass is 16.5. The Labute approximate surface area is 171 Å². The van der Waals surface area contributed by atoms with Gasteiger partial charge < -0.3 is 19.3 Å². The van der Waals surface area contributed by atoms with Crippen molar-refractivity contribution < 1.29 is 24.1 Å². The second-order valence-corrected chi connectivity index (χ2v) is 6.61. The SMILES string of the molecule is COc1cc([C@@H]2CC(c3c(O)n(C)c(=O)[nH]c3=O)=NN2C(C)=O)cc(OC)c1OC. The van der Waals surface area contributed by atoms with Gasteiger partial charge in [-0.3, -0.25) is 19.1 Å². The van der Waals surface area contributed by atoms with Crippen molar-refractivity contribution in [3.05, 3.63) is 44.1 Å². The van der Waals surface area contributed by atoms with E-state index in [4.69, 9.17) is 14.2 Å². The molecule has 2 aromatic rings. The molecule has 1 aromatic carbocycles. The maximum atomic E-state index is 12.3. The Bertz CT molecular complexity index is 1120. The van der Waals surface area contributed by atoms with Crippen LogP contribution in [0, 0.1) is 0 Å². The number of methoxy groups -OCH3 is 3. The number of H-pyrrole nitrogens is 1. The van der Waals surface area contributed by atoms with Gasteiger partial charge in [-0.15, -0.1) is 0 Å². The van der Waals surface area contributed by atoms with E-state index in [0.29, 0.717) is 22.8 Å². The highest BCUT2D eigenvalue weighted by Gasteiger charge is 2.35. The van der Waals surface area contributed by atoms with Crippen molar-refractivity contribution in [2.24, 2.45) is 12.1 Å². The molecule has 11 nitrogen and oxygen atoms in total. The molecule has 1 aliphatic heterocycles. The Morgan fingerprint density at radius 2 is 1.77 bits per heavy atom. The number of carbonyl (C=O) groups excluding carboxylic acids is 1. The molecule has 0 spiro atoms. The Morgan fingerprint density at radius 1 is 1.17 bits per heavy atom. The van der Waals surface area contributed by atoms with Crippen molar-refractivity contribution in [2.75, 3.05) is 21.3 Å². The van der Waals surface area contributed by atoms with Gasteiger partial charge in [0, 0.05) is 20.4 Å². The Kier molecular flexibility index (Phi) is 5.54. The second kappa shape index (κ2) is 7.93. The Hall–Kier alpha value is -3.76. The lowest BCUT2D eigenvalue weighted by Gasteiger charge is -2.22. The van der Waals surface area contributed by atoms with E-state index in [1.807, 2.05) is 0 Å². The number of carbonyl (C=O) groups is 1. The lowest BCUT2D eigenvalue weighted by molar-refractivity contribution is -0.130. The fraction of sp³-hybridized carbons (Fsp3) is 0.368.